The van der Waals surface area contributed by atoms with Crippen LogP contribution in [-0.2, 0) is 6.42 Å². The number of pyridine rings is 1. The molecule has 19 heavy (non-hydrogen) atoms. The standard InChI is InChI=1S/C14H13BrN2O2/c1-2-9-7-10(15)3-4-12(9)17-14(19)11-5-6-16-8-13(11)18/h3-8,18H,2H2,1H3,(H,17,19). The van der Waals surface area contributed by atoms with Crippen LogP contribution in [0.5, 0.6) is 5.75 Å². The highest BCUT2D eigenvalue weighted by Crippen LogP contribution is 2.23. The molecule has 0 radical (unpaired) electrons. The first-order chi connectivity index (χ1) is 9.11. The monoisotopic (exact) mass is 320 g/mol. The summed E-state index contributed by atoms with van der Waals surface area (Å²) in [6.07, 6.45) is 3.52. The van der Waals surface area contributed by atoms with Gasteiger partial charge >= 0.3 is 0 Å². The number of hydrogen-bond donors (Lipinski definition) is 2. The van der Waals surface area contributed by atoms with Crippen LogP contribution in [0.25, 0.3) is 0 Å². The third-order valence-corrected chi connectivity index (χ3v) is 3.23. The molecule has 5 heteroatoms. The quantitative estimate of drug-likeness (QED) is 0.911. The van der Waals surface area contributed by atoms with E-state index in [2.05, 4.69) is 26.2 Å². The van der Waals surface area contributed by atoms with E-state index in [0.29, 0.717) is 0 Å². The molecule has 0 aliphatic heterocycles. The number of nitrogens with one attached hydrogen (secondary N) is 1. The highest BCUT2D eigenvalue weighted by atomic mass is 79.9. The second-order valence-electron chi connectivity index (χ2n) is 4.00. The van der Waals surface area contributed by atoms with Crippen molar-refractivity contribution in [3.05, 3.63) is 52.3 Å². The molecule has 0 spiro atoms. The highest BCUT2D eigenvalue weighted by molar-refractivity contribution is 9.10. The smallest absolute Gasteiger partial charge is 0.259 e. The summed E-state index contributed by atoms with van der Waals surface area (Å²) in [5, 5.41) is 12.4. The molecule has 4 nitrogen and oxygen atoms in total. The van der Waals surface area contributed by atoms with Gasteiger partial charge in [0.1, 0.15) is 5.75 Å². The van der Waals surface area contributed by atoms with Crippen molar-refractivity contribution in [1.29, 1.82) is 0 Å². The van der Waals surface area contributed by atoms with E-state index in [4.69, 9.17) is 0 Å². The van der Waals surface area contributed by atoms with E-state index in [0.717, 1.165) is 22.1 Å². The third-order valence-electron chi connectivity index (χ3n) is 2.74. The van der Waals surface area contributed by atoms with Crippen molar-refractivity contribution in [2.75, 3.05) is 5.32 Å². The Kier molecular flexibility index (Phi) is 4.16. The molecule has 0 bridgehead atoms. The number of anilines is 1. The summed E-state index contributed by atoms with van der Waals surface area (Å²) in [5.41, 5.74) is 1.98. The van der Waals surface area contributed by atoms with E-state index < -0.39 is 0 Å². The molecule has 1 heterocycles. The minimum absolute atomic E-state index is 0.129. The summed E-state index contributed by atoms with van der Waals surface area (Å²) in [7, 11) is 0. The van der Waals surface area contributed by atoms with Crippen molar-refractivity contribution in [3.63, 3.8) is 0 Å². The van der Waals surface area contributed by atoms with Gasteiger partial charge in [0.25, 0.3) is 5.91 Å². The molecule has 0 atom stereocenters. The van der Waals surface area contributed by atoms with Gasteiger partial charge in [-0.1, -0.05) is 22.9 Å². The average molecular weight is 321 g/mol. The molecule has 1 aromatic carbocycles. The summed E-state index contributed by atoms with van der Waals surface area (Å²) in [4.78, 5) is 15.8. The summed E-state index contributed by atoms with van der Waals surface area (Å²) < 4.78 is 0.967. The number of hydrogen-bond acceptors (Lipinski definition) is 3. The highest BCUT2D eigenvalue weighted by Gasteiger charge is 2.12. The lowest BCUT2D eigenvalue weighted by Crippen LogP contribution is -2.13. The van der Waals surface area contributed by atoms with Gasteiger partial charge in [0.2, 0.25) is 0 Å². The van der Waals surface area contributed by atoms with E-state index in [1.165, 1.54) is 18.5 Å². The molecule has 1 aromatic heterocycles. The zero-order valence-electron chi connectivity index (χ0n) is 10.4. The van der Waals surface area contributed by atoms with Gasteiger partial charge < -0.3 is 10.4 Å². The van der Waals surface area contributed by atoms with Crippen LogP contribution in [0.4, 0.5) is 5.69 Å². The van der Waals surface area contributed by atoms with Crippen molar-refractivity contribution in [2.45, 2.75) is 13.3 Å². The van der Waals surface area contributed by atoms with E-state index >= 15 is 0 Å². The number of rotatable bonds is 3. The molecule has 0 fully saturated rings. The summed E-state index contributed by atoms with van der Waals surface area (Å²) in [6.45, 7) is 2.02. The maximum absolute atomic E-state index is 12.1. The molecule has 0 aliphatic rings. The van der Waals surface area contributed by atoms with Gasteiger partial charge in [0.05, 0.1) is 11.8 Å². The maximum atomic E-state index is 12.1. The van der Waals surface area contributed by atoms with Crippen LogP contribution in [0.2, 0.25) is 0 Å². The lowest BCUT2D eigenvalue weighted by molar-refractivity contribution is 0.102. The molecule has 2 N–H and O–H groups in total. The molecular formula is C14H13BrN2O2. The first kappa shape index (κ1) is 13.5. The minimum Gasteiger partial charge on any atom is -0.505 e. The van der Waals surface area contributed by atoms with E-state index in [9.17, 15) is 9.90 Å². The fourth-order valence-corrected chi connectivity index (χ4v) is 2.15. The number of nitrogens with zero attached hydrogens (tertiary/aromatic N) is 1. The van der Waals surface area contributed by atoms with Crippen LogP contribution < -0.4 is 5.32 Å². The van der Waals surface area contributed by atoms with Gasteiger partial charge in [0, 0.05) is 16.4 Å². The second kappa shape index (κ2) is 5.84. The fraction of sp³-hybridized carbons (Fsp3) is 0.143. The zero-order chi connectivity index (χ0) is 13.8. The minimum atomic E-state index is -0.350. The fourth-order valence-electron chi connectivity index (χ4n) is 1.74. The van der Waals surface area contributed by atoms with Crippen LogP contribution in [0.1, 0.15) is 22.8 Å². The third kappa shape index (κ3) is 3.12. The van der Waals surface area contributed by atoms with Crippen LogP contribution in [0.3, 0.4) is 0 Å². The van der Waals surface area contributed by atoms with Crippen LogP contribution in [0, 0.1) is 0 Å². The Balaban J connectivity index is 2.27. The first-order valence-corrected chi connectivity index (χ1v) is 6.64. The number of benzene rings is 1. The summed E-state index contributed by atoms with van der Waals surface area (Å²) in [6, 6.07) is 7.14. The molecule has 1 amide bonds. The molecule has 0 saturated carbocycles. The average Bonchev–Trinajstić information content (AvgIpc) is 2.41. The van der Waals surface area contributed by atoms with Gasteiger partial charge in [-0.3, -0.25) is 9.78 Å². The lowest BCUT2D eigenvalue weighted by Gasteiger charge is -2.11. The number of carbonyl (C=O) groups is 1. The van der Waals surface area contributed by atoms with E-state index in [1.54, 1.807) is 0 Å². The Morgan fingerprint density at radius 2 is 2.21 bits per heavy atom. The number of amides is 1. The van der Waals surface area contributed by atoms with Crippen LogP contribution in [0.15, 0.2) is 41.1 Å². The van der Waals surface area contributed by atoms with Crippen LogP contribution in [-0.4, -0.2) is 16.0 Å². The SMILES string of the molecule is CCc1cc(Br)ccc1NC(=O)c1ccncc1O. The van der Waals surface area contributed by atoms with Gasteiger partial charge in [-0.05, 0) is 36.2 Å². The predicted molar refractivity (Wildman–Crippen MR) is 77.4 cm³/mol. The van der Waals surface area contributed by atoms with Crippen molar-refractivity contribution >= 4 is 27.5 Å². The maximum Gasteiger partial charge on any atom is 0.259 e. The molecule has 0 saturated heterocycles. The van der Waals surface area contributed by atoms with Gasteiger partial charge in [-0.15, -0.1) is 0 Å². The first-order valence-electron chi connectivity index (χ1n) is 5.84. The Hall–Kier alpha value is -1.88. The second-order valence-corrected chi connectivity index (χ2v) is 4.92. The van der Waals surface area contributed by atoms with E-state index in [-0.39, 0.29) is 17.2 Å². The van der Waals surface area contributed by atoms with Crippen molar-refractivity contribution in [2.24, 2.45) is 0 Å². The number of aromatic hydroxyl groups is 1. The Bertz CT molecular complexity index is 614. The van der Waals surface area contributed by atoms with Crippen molar-refractivity contribution in [3.8, 4) is 5.75 Å². The van der Waals surface area contributed by atoms with Gasteiger partial charge in [-0.25, -0.2) is 0 Å². The molecule has 2 aromatic rings. The Morgan fingerprint density at radius 3 is 2.89 bits per heavy atom. The lowest BCUT2D eigenvalue weighted by atomic mass is 10.1. The number of carbonyl (C=O) groups excluding carboxylic acids is 1. The number of halogens is 1. The van der Waals surface area contributed by atoms with Crippen molar-refractivity contribution < 1.29 is 9.90 Å². The Morgan fingerprint density at radius 1 is 1.42 bits per heavy atom. The van der Waals surface area contributed by atoms with Gasteiger partial charge in [0.15, 0.2) is 0 Å². The normalized spacial score (nSPS) is 10.2. The summed E-state index contributed by atoms with van der Waals surface area (Å²) >= 11 is 3.40. The predicted octanol–water partition coefficient (Wildman–Crippen LogP) is 3.36. The molecular weight excluding hydrogens is 308 g/mol. The molecule has 0 aliphatic carbocycles. The topological polar surface area (TPSA) is 62.2 Å². The largest absolute Gasteiger partial charge is 0.505 e. The molecule has 0 unspecified atom stereocenters. The molecule has 98 valence electrons. The zero-order valence-corrected chi connectivity index (χ0v) is 11.9. The number of aromatic nitrogens is 1. The number of aryl methyl sites for hydroxylation is 1. The summed E-state index contributed by atoms with van der Waals surface area (Å²) in [5.74, 6) is -0.480. The molecule has 2 rings (SSSR count). The Labute approximate surface area is 119 Å². The van der Waals surface area contributed by atoms with E-state index in [1.807, 2.05) is 25.1 Å². The van der Waals surface area contributed by atoms with Gasteiger partial charge in [-0.2, -0.15) is 0 Å². The van der Waals surface area contributed by atoms with Crippen LogP contribution >= 0.6 is 15.9 Å². The van der Waals surface area contributed by atoms with Crippen molar-refractivity contribution in [1.82, 2.24) is 4.98 Å².